The van der Waals surface area contributed by atoms with Crippen LogP contribution in [-0.4, -0.2) is 75.4 Å². The molecule has 1 unspecified atom stereocenters. The topological polar surface area (TPSA) is 75.2 Å². The minimum atomic E-state index is 0.234. The van der Waals surface area contributed by atoms with Crippen molar-refractivity contribution in [1.82, 2.24) is 15.5 Å². The average Bonchev–Trinajstić information content (AvgIpc) is 3.13. The molecule has 0 radical (unpaired) electrons. The quantitative estimate of drug-likeness (QED) is 0.365. The average molecular weight is 369 g/mol. The van der Waals surface area contributed by atoms with E-state index in [1.54, 1.807) is 0 Å². The number of guanidine groups is 1. The van der Waals surface area contributed by atoms with Crippen LogP contribution < -0.4 is 10.6 Å². The normalized spacial score (nSPS) is 21.8. The van der Waals surface area contributed by atoms with Crippen molar-refractivity contribution >= 4 is 11.9 Å². The van der Waals surface area contributed by atoms with Crippen molar-refractivity contribution in [3.05, 3.63) is 0 Å². The molecule has 0 spiro atoms. The number of aliphatic imine (C=N–C) groups is 1. The molecule has 2 heterocycles. The Morgan fingerprint density at radius 2 is 2.08 bits per heavy atom. The van der Waals surface area contributed by atoms with E-state index in [2.05, 4.69) is 22.5 Å². The predicted octanol–water partition coefficient (Wildman–Crippen LogP) is 1.39. The first kappa shape index (κ1) is 21.0. The zero-order valence-corrected chi connectivity index (χ0v) is 16.5. The van der Waals surface area contributed by atoms with Crippen LogP contribution >= 0.6 is 0 Å². The Balaban J connectivity index is 1.62. The van der Waals surface area contributed by atoms with E-state index in [1.165, 1.54) is 0 Å². The molecule has 26 heavy (non-hydrogen) atoms. The standard InChI is InChI=1S/C19H36N4O3/c1-3-18(24)23-10-6-17(14-23)22-19(20-4-2)21-9-5-11-26-15-16-7-12-25-13-8-16/h16-17H,3-15H2,1-2H3,(H2,20,21,22). The van der Waals surface area contributed by atoms with Crippen LogP contribution in [0.5, 0.6) is 0 Å². The van der Waals surface area contributed by atoms with E-state index in [0.717, 1.165) is 84.2 Å². The van der Waals surface area contributed by atoms with Gasteiger partial charge in [-0.25, -0.2) is 0 Å². The molecular weight excluding hydrogens is 332 g/mol. The molecule has 2 rings (SSSR count). The van der Waals surface area contributed by atoms with E-state index in [4.69, 9.17) is 9.47 Å². The van der Waals surface area contributed by atoms with Crippen LogP contribution in [0.15, 0.2) is 4.99 Å². The number of hydrogen-bond donors (Lipinski definition) is 2. The lowest BCUT2D eigenvalue weighted by Gasteiger charge is -2.21. The summed E-state index contributed by atoms with van der Waals surface area (Å²) >= 11 is 0. The Hall–Kier alpha value is -1.34. The third-order valence-electron chi connectivity index (χ3n) is 4.94. The van der Waals surface area contributed by atoms with Gasteiger partial charge in [-0.15, -0.1) is 0 Å². The zero-order valence-electron chi connectivity index (χ0n) is 16.5. The van der Waals surface area contributed by atoms with Crippen molar-refractivity contribution in [1.29, 1.82) is 0 Å². The number of ether oxygens (including phenoxy) is 2. The lowest BCUT2D eigenvalue weighted by atomic mass is 10.0. The number of rotatable bonds is 9. The maximum absolute atomic E-state index is 11.8. The van der Waals surface area contributed by atoms with E-state index in [9.17, 15) is 4.79 Å². The molecule has 0 aromatic carbocycles. The van der Waals surface area contributed by atoms with Gasteiger partial charge in [-0.3, -0.25) is 9.79 Å². The van der Waals surface area contributed by atoms with E-state index in [1.807, 2.05) is 11.8 Å². The summed E-state index contributed by atoms with van der Waals surface area (Å²) in [6.45, 7) is 10.5. The molecule has 0 aromatic heterocycles. The molecule has 2 saturated heterocycles. The summed E-state index contributed by atoms with van der Waals surface area (Å²) < 4.78 is 11.2. The molecule has 1 amide bonds. The molecule has 0 aliphatic carbocycles. The van der Waals surface area contributed by atoms with Gasteiger partial charge in [0.2, 0.25) is 5.91 Å². The minimum Gasteiger partial charge on any atom is -0.381 e. The summed E-state index contributed by atoms with van der Waals surface area (Å²) in [5.74, 6) is 1.73. The van der Waals surface area contributed by atoms with Gasteiger partial charge < -0.3 is 25.0 Å². The molecule has 7 heteroatoms. The molecule has 2 aliphatic heterocycles. The maximum Gasteiger partial charge on any atom is 0.222 e. The molecule has 150 valence electrons. The highest BCUT2D eigenvalue weighted by molar-refractivity contribution is 5.80. The number of nitrogens with zero attached hydrogens (tertiary/aromatic N) is 2. The number of hydrogen-bond acceptors (Lipinski definition) is 4. The molecule has 0 saturated carbocycles. The fourth-order valence-electron chi connectivity index (χ4n) is 3.36. The third kappa shape index (κ3) is 7.50. The summed E-state index contributed by atoms with van der Waals surface area (Å²) in [7, 11) is 0. The lowest BCUT2D eigenvalue weighted by Crippen LogP contribution is -2.45. The second-order valence-electron chi connectivity index (χ2n) is 7.07. The second-order valence-corrected chi connectivity index (χ2v) is 7.07. The summed E-state index contributed by atoms with van der Waals surface area (Å²) in [5, 5.41) is 6.75. The first-order valence-electron chi connectivity index (χ1n) is 10.2. The van der Waals surface area contributed by atoms with Crippen LogP contribution in [0.3, 0.4) is 0 Å². The fraction of sp³-hybridized carbons (Fsp3) is 0.895. The Labute approximate surface area is 157 Å². The van der Waals surface area contributed by atoms with Gasteiger partial charge in [0.1, 0.15) is 0 Å². The molecule has 2 fully saturated rings. The highest BCUT2D eigenvalue weighted by Gasteiger charge is 2.25. The minimum absolute atomic E-state index is 0.234. The summed E-state index contributed by atoms with van der Waals surface area (Å²) in [4.78, 5) is 18.4. The molecule has 0 aromatic rings. The second kappa shape index (κ2) is 12.1. The molecule has 1 atom stereocenters. The third-order valence-corrected chi connectivity index (χ3v) is 4.94. The molecule has 7 nitrogen and oxygen atoms in total. The summed E-state index contributed by atoms with van der Waals surface area (Å²) in [5.41, 5.74) is 0. The van der Waals surface area contributed by atoms with Gasteiger partial charge in [-0.2, -0.15) is 0 Å². The van der Waals surface area contributed by atoms with Crippen molar-refractivity contribution in [3.8, 4) is 0 Å². The van der Waals surface area contributed by atoms with Crippen LogP contribution in [0.1, 0.15) is 46.0 Å². The Morgan fingerprint density at radius 3 is 2.81 bits per heavy atom. The smallest absolute Gasteiger partial charge is 0.222 e. The Kier molecular flexibility index (Phi) is 9.77. The van der Waals surface area contributed by atoms with Gasteiger partial charge in [0, 0.05) is 65.1 Å². The van der Waals surface area contributed by atoms with Crippen molar-refractivity contribution in [2.45, 2.75) is 52.0 Å². The van der Waals surface area contributed by atoms with Crippen LogP contribution in [0.2, 0.25) is 0 Å². The SMILES string of the molecule is CCNC(=NCCCOCC1CCOCC1)NC1CCN(C(=O)CC)C1. The van der Waals surface area contributed by atoms with E-state index < -0.39 is 0 Å². The van der Waals surface area contributed by atoms with Crippen molar-refractivity contribution < 1.29 is 14.3 Å². The van der Waals surface area contributed by atoms with Crippen molar-refractivity contribution in [2.75, 3.05) is 52.6 Å². The van der Waals surface area contributed by atoms with Gasteiger partial charge in [0.05, 0.1) is 0 Å². The van der Waals surface area contributed by atoms with E-state index in [0.29, 0.717) is 12.3 Å². The first-order chi connectivity index (χ1) is 12.7. The fourth-order valence-corrected chi connectivity index (χ4v) is 3.36. The van der Waals surface area contributed by atoms with Gasteiger partial charge in [-0.05, 0) is 38.5 Å². The number of carbonyl (C=O) groups excluding carboxylic acids is 1. The lowest BCUT2D eigenvalue weighted by molar-refractivity contribution is -0.129. The first-order valence-corrected chi connectivity index (χ1v) is 10.2. The maximum atomic E-state index is 11.8. The predicted molar refractivity (Wildman–Crippen MR) is 103 cm³/mol. The van der Waals surface area contributed by atoms with E-state index in [-0.39, 0.29) is 11.9 Å². The van der Waals surface area contributed by atoms with Crippen LogP contribution in [-0.2, 0) is 14.3 Å². The Morgan fingerprint density at radius 1 is 1.27 bits per heavy atom. The van der Waals surface area contributed by atoms with Gasteiger partial charge in [-0.1, -0.05) is 6.92 Å². The Bertz CT molecular complexity index is 439. The van der Waals surface area contributed by atoms with Crippen LogP contribution in [0, 0.1) is 5.92 Å². The summed E-state index contributed by atoms with van der Waals surface area (Å²) in [6, 6.07) is 0.285. The highest BCUT2D eigenvalue weighted by atomic mass is 16.5. The van der Waals surface area contributed by atoms with Crippen molar-refractivity contribution in [3.63, 3.8) is 0 Å². The largest absolute Gasteiger partial charge is 0.381 e. The molecule has 0 bridgehead atoms. The van der Waals surface area contributed by atoms with Crippen LogP contribution in [0.25, 0.3) is 0 Å². The number of amides is 1. The van der Waals surface area contributed by atoms with Gasteiger partial charge in [0.15, 0.2) is 5.96 Å². The highest BCUT2D eigenvalue weighted by Crippen LogP contribution is 2.14. The van der Waals surface area contributed by atoms with Gasteiger partial charge in [0.25, 0.3) is 0 Å². The zero-order chi connectivity index (χ0) is 18.6. The van der Waals surface area contributed by atoms with Crippen molar-refractivity contribution in [2.24, 2.45) is 10.9 Å². The van der Waals surface area contributed by atoms with Gasteiger partial charge >= 0.3 is 0 Å². The molecule has 2 N–H and O–H groups in total. The summed E-state index contributed by atoms with van der Waals surface area (Å²) in [6.07, 6.45) is 4.71. The monoisotopic (exact) mass is 368 g/mol. The van der Waals surface area contributed by atoms with Crippen LogP contribution in [0.4, 0.5) is 0 Å². The number of likely N-dealkylation sites (tertiary alicyclic amines) is 1. The molecular formula is C19H36N4O3. The molecule has 2 aliphatic rings. The number of carbonyl (C=O) groups is 1. The van der Waals surface area contributed by atoms with E-state index >= 15 is 0 Å². The number of nitrogens with one attached hydrogen (secondary N) is 2.